The number of aryl methyl sites for hydroxylation is 1. The third-order valence-corrected chi connectivity index (χ3v) is 4.99. The van der Waals surface area contributed by atoms with Gasteiger partial charge in [0, 0.05) is 18.4 Å². The fourth-order valence-corrected chi connectivity index (χ4v) is 3.26. The Kier molecular flexibility index (Phi) is 6.50. The molecule has 0 saturated carbocycles. The average molecular weight is 443 g/mol. The Balaban J connectivity index is 1.48. The van der Waals surface area contributed by atoms with E-state index in [2.05, 4.69) is 4.98 Å². The lowest BCUT2D eigenvalue weighted by molar-refractivity contribution is 0.0729. The molecule has 166 valence electrons. The highest BCUT2D eigenvalue weighted by Gasteiger charge is 2.16. The van der Waals surface area contributed by atoms with E-state index in [1.165, 1.54) is 19.4 Å². The summed E-state index contributed by atoms with van der Waals surface area (Å²) in [7, 11) is 1.49. The molecule has 7 heteroatoms. The van der Waals surface area contributed by atoms with Gasteiger partial charge in [0.05, 0.1) is 23.9 Å². The molecule has 1 heterocycles. The molecule has 1 N–H and O–H groups in total. The molecule has 0 bridgehead atoms. The summed E-state index contributed by atoms with van der Waals surface area (Å²) in [5, 5.41) is 9.83. The van der Waals surface area contributed by atoms with Gasteiger partial charge >= 0.3 is 5.97 Å². The van der Waals surface area contributed by atoms with E-state index in [0.29, 0.717) is 34.9 Å². The molecule has 0 atom stereocenters. The second-order valence-electron chi connectivity index (χ2n) is 7.21. The van der Waals surface area contributed by atoms with Crippen molar-refractivity contribution in [2.75, 3.05) is 7.11 Å². The van der Waals surface area contributed by atoms with Crippen LogP contribution < -0.4 is 9.47 Å². The Morgan fingerprint density at radius 3 is 2.48 bits per heavy atom. The number of hydrogen-bond donors (Lipinski definition) is 1. The number of ketones is 1. The molecule has 33 heavy (non-hydrogen) atoms. The van der Waals surface area contributed by atoms with Crippen LogP contribution in [0.2, 0.25) is 0 Å². The third kappa shape index (κ3) is 5.10. The molecule has 0 aliphatic rings. The van der Waals surface area contributed by atoms with Crippen molar-refractivity contribution in [2.45, 2.75) is 12.8 Å². The molecule has 4 aromatic rings. The Morgan fingerprint density at radius 1 is 0.970 bits per heavy atom. The number of methoxy groups -OCH3 is 1. The summed E-state index contributed by atoms with van der Waals surface area (Å²) in [5.41, 5.74) is 1.87. The molecule has 0 saturated heterocycles. The average Bonchev–Trinajstić information content (AvgIpc) is 3.32. The highest BCUT2D eigenvalue weighted by Crippen LogP contribution is 2.33. The fraction of sp³-hybridized carbons (Fsp3) is 0.115. The Hall–Kier alpha value is -4.39. The molecule has 4 rings (SSSR count). The van der Waals surface area contributed by atoms with Crippen LogP contribution in [0.1, 0.15) is 32.8 Å². The number of phenolic OH excluding ortho intramolecular Hbond substituents is 1. The van der Waals surface area contributed by atoms with Crippen LogP contribution in [0, 0.1) is 0 Å². The van der Waals surface area contributed by atoms with Gasteiger partial charge in [-0.15, -0.1) is 0 Å². The normalized spacial score (nSPS) is 10.6. The first-order chi connectivity index (χ1) is 16.0. The number of esters is 1. The first kappa shape index (κ1) is 21.8. The molecular weight excluding hydrogens is 422 g/mol. The van der Waals surface area contributed by atoms with Gasteiger partial charge < -0.3 is 19.0 Å². The topological polar surface area (TPSA) is 98.9 Å². The molecule has 1 aromatic heterocycles. The van der Waals surface area contributed by atoms with E-state index >= 15 is 0 Å². The maximum absolute atomic E-state index is 12.5. The summed E-state index contributed by atoms with van der Waals surface area (Å²) < 4.78 is 16.4. The van der Waals surface area contributed by atoms with E-state index in [1.54, 1.807) is 60.7 Å². The van der Waals surface area contributed by atoms with Gasteiger partial charge in [0.1, 0.15) is 12.0 Å². The lowest BCUT2D eigenvalue weighted by atomic mass is 10.0. The zero-order chi connectivity index (χ0) is 23.2. The number of Topliss-reactive ketones (excluding diaryl/α,β-unsaturated/α-hetero) is 1. The monoisotopic (exact) mass is 443 g/mol. The van der Waals surface area contributed by atoms with E-state index in [4.69, 9.17) is 13.9 Å². The smallest absolute Gasteiger partial charge is 0.343 e. The van der Waals surface area contributed by atoms with Gasteiger partial charge in [-0.2, -0.15) is 0 Å². The zero-order valence-electron chi connectivity index (χ0n) is 17.9. The molecule has 0 radical (unpaired) electrons. The molecule has 0 aliphatic carbocycles. The molecule has 0 fully saturated rings. The van der Waals surface area contributed by atoms with E-state index in [-0.39, 0.29) is 29.3 Å². The number of phenols is 1. The summed E-state index contributed by atoms with van der Waals surface area (Å²) in [6.45, 7) is 0. The predicted molar refractivity (Wildman–Crippen MR) is 121 cm³/mol. The Bertz CT molecular complexity index is 1280. The van der Waals surface area contributed by atoms with Crippen LogP contribution in [0.4, 0.5) is 0 Å². The van der Waals surface area contributed by atoms with Crippen LogP contribution in [0.5, 0.6) is 17.2 Å². The fourth-order valence-electron chi connectivity index (χ4n) is 3.26. The van der Waals surface area contributed by atoms with Gasteiger partial charge in [-0.05, 0) is 42.5 Å². The van der Waals surface area contributed by atoms with Crippen LogP contribution in [0.3, 0.4) is 0 Å². The lowest BCUT2D eigenvalue weighted by Gasteiger charge is -2.10. The number of nitrogens with zero attached hydrogens (tertiary/aromatic N) is 1. The number of benzene rings is 3. The number of oxazole rings is 1. The van der Waals surface area contributed by atoms with Crippen molar-refractivity contribution in [2.24, 2.45) is 0 Å². The maximum Gasteiger partial charge on any atom is 0.343 e. The summed E-state index contributed by atoms with van der Waals surface area (Å²) in [5.74, 6) is 0.208. The van der Waals surface area contributed by atoms with E-state index < -0.39 is 5.97 Å². The minimum absolute atomic E-state index is 0.0425. The van der Waals surface area contributed by atoms with E-state index in [1.807, 2.05) is 6.07 Å². The SMILES string of the molecule is COc1ccc(-c2nc(CCC(=O)c3ccccc3O)co2)cc1OC(=O)c1ccccc1. The van der Waals surface area contributed by atoms with E-state index in [0.717, 1.165) is 0 Å². The number of aromatic nitrogens is 1. The first-order valence-electron chi connectivity index (χ1n) is 10.3. The molecular formula is C26H21NO6. The quantitative estimate of drug-likeness (QED) is 0.230. The second kappa shape index (κ2) is 9.82. The van der Waals surface area contributed by atoms with Gasteiger partial charge in [-0.25, -0.2) is 9.78 Å². The van der Waals surface area contributed by atoms with Gasteiger partial charge in [0.25, 0.3) is 0 Å². The molecule has 7 nitrogen and oxygen atoms in total. The number of hydrogen-bond acceptors (Lipinski definition) is 7. The van der Waals surface area contributed by atoms with Crippen molar-refractivity contribution >= 4 is 11.8 Å². The van der Waals surface area contributed by atoms with Crippen LogP contribution in [0.15, 0.2) is 83.5 Å². The van der Waals surface area contributed by atoms with Gasteiger partial charge in [-0.3, -0.25) is 4.79 Å². The van der Waals surface area contributed by atoms with Crippen LogP contribution in [0.25, 0.3) is 11.5 Å². The van der Waals surface area contributed by atoms with Crippen LogP contribution in [-0.4, -0.2) is 29.0 Å². The summed E-state index contributed by atoms with van der Waals surface area (Å²) >= 11 is 0. The number of ether oxygens (including phenoxy) is 2. The standard InChI is InChI=1S/C26H21NO6/c1-31-23-14-11-18(15-24(23)33-26(30)17-7-3-2-4-8-17)25-27-19(16-32-25)12-13-22(29)20-9-5-6-10-21(20)28/h2-11,14-16,28H,12-13H2,1H3. The van der Waals surface area contributed by atoms with Crippen LogP contribution >= 0.6 is 0 Å². The Morgan fingerprint density at radius 2 is 1.73 bits per heavy atom. The number of carbonyl (C=O) groups excluding carboxylic acids is 2. The summed E-state index contributed by atoms with van der Waals surface area (Å²) in [6.07, 6.45) is 2.00. The van der Waals surface area contributed by atoms with Gasteiger partial charge in [-0.1, -0.05) is 30.3 Å². The zero-order valence-corrected chi connectivity index (χ0v) is 17.9. The van der Waals surface area contributed by atoms with Crippen molar-refractivity contribution in [1.82, 2.24) is 4.98 Å². The molecule has 0 unspecified atom stereocenters. The van der Waals surface area contributed by atoms with Gasteiger partial charge in [0.2, 0.25) is 5.89 Å². The number of para-hydroxylation sites is 1. The number of rotatable bonds is 8. The number of aromatic hydroxyl groups is 1. The van der Waals surface area contributed by atoms with Crippen molar-refractivity contribution in [1.29, 1.82) is 0 Å². The second-order valence-corrected chi connectivity index (χ2v) is 7.21. The van der Waals surface area contributed by atoms with Crippen molar-refractivity contribution in [3.63, 3.8) is 0 Å². The molecule has 0 spiro atoms. The van der Waals surface area contributed by atoms with Crippen molar-refractivity contribution < 1.29 is 28.6 Å². The van der Waals surface area contributed by atoms with Crippen LogP contribution in [-0.2, 0) is 6.42 Å². The molecule has 0 amide bonds. The highest BCUT2D eigenvalue weighted by molar-refractivity contribution is 5.98. The minimum atomic E-state index is -0.512. The number of carbonyl (C=O) groups is 2. The summed E-state index contributed by atoms with van der Waals surface area (Å²) in [4.78, 5) is 29.3. The lowest BCUT2D eigenvalue weighted by Crippen LogP contribution is -2.09. The van der Waals surface area contributed by atoms with Gasteiger partial charge in [0.15, 0.2) is 17.3 Å². The first-order valence-corrected chi connectivity index (χ1v) is 10.3. The summed E-state index contributed by atoms with van der Waals surface area (Å²) in [6, 6.07) is 20.1. The largest absolute Gasteiger partial charge is 0.507 e. The molecule has 3 aromatic carbocycles. The van der Waals surface area contributed by atoms with E-state index in [9.17, 15) is 14.7 Å². The highest BCUT2D eigenvalue weighted by atomic mass is 16.6. The van der Waals surface area contributed by atoms with Crippen molar-refractivity contribution in [3.05, 3.63) is 95.9 Å². The Labute approximate surface area is 190 Å². The molecule has 0 aliphatic heterocycles. The minimum Gasteiger partial charge on any atom is -0.507 e. The maximum atomic E-state index is 12.5. The predicted octanol–water partition coefficient (Wildman–Crippen LogP) is 5.09. The third-order valence-electron chi connectivity index (χ3n) is 4.99. The van der Waals surface area contributed by atoms with Crippen molar-refractivity contribution in [3.8, 4) is 28.7 Å².